The Labute approximate surface area is 228 Å². The molecule has 0 aliphatic carbocycles. The molecular formula is C30H47N3O5. The summed E-state index contributed by atoms with van der Waals surface area (Å²) in [5, 5.41) is 0. The zero-order valence-electron chi connectivity index (χ0n) is 24.5. The van der Waals surface area contributed by atoms with Crippen LogP contribution >= 0.6 is 0 Å². The summed E-state index contributed by atoms with van der Waals surface area (Å²) in [7, 11) is 0. The van der Waals surface area contributed by atoms with Crippen LogP contribution in [0.4, 0.5) is 0 Å². The fraction of sp³-hybridized carbons (Fsp3) is 0.600. The highest BCUT2D eigenvalue weighted by molar-refractivity contribution is 6.04. The minimum absolute atomic E-state index is 0.200. The van der Waals surface area contributed by atoms with Crippen LogP contribution in [0.5, 0.6) is 17.2 Å². The maximum Gasteiger partial charge on any atom is 0.274 e. The lowest BCUT2D eigenvalue weighted by molar-refractivity contribution is 0.0755. The number of unbranched alkanes of at least 4 members (excludes halogenated alkanes) is 2. The van der Waals surface area contributed by atoms with E-state index in [9.17, 15) is 9.59 Å². The lowest BCUT2D eigenvalue weighted by Crippen LogP contribution is -2.34. The molecule has 0 aliphatic rings. The third-order valence-corrected chi connectivity index (χ3v) is 6.48. The van der Waals surface area contributed by atoms with Crippen LogP contribution in [-0.2, 0) is 0 Å². The summed E-state index contributed by atoms with van der Waals surface area (Å²) in [6.45, 7) is 17.4. The Morgan fingerprint density at radius 2 is 1.08 bits per heavy atom. The molecule has 0 spiro atoms. The van der Waals surface area contributed by atoms with Crippen LogP contribution < -0.4 is 14.2 Å². The third-order valence-electron chi connectivity index (χ3n) is 6.48. The van der Waals surface area contributed by atoms with E-state index < -0.39 is 0 Å². The maximum atomic E-state index is 14.1. The van der Waals surface area contributed by atoms with Crippen molar-refractivity contribution in [1.29, 1.82) is 0 Å². The summed E-state index contributed by atoms with van der Waals surface area (Å²) in [4.78, 5) is 31.6. The first-order chi connectivity index (χ1) is 18.4. The first-order valence-electron chi connectivity index (χ1n) is 14.3. The summed E-state index contributed by atoms with van der Waals surface area (Å²) < 4.78 is 20.0. The SMILES string of the molecule is CCCCOc1c(OCCCC)c(C(=O)N(CC)CC)n(-c2ccc(OCC)cc2)c1C(=O)N(CC)CC. The van der Waals surface area contributed by atoms with Gasteiger partial charge < -0.3 is 24.0 Å². The molecule has 2 amide bonds. The standard InChI is InChI=1S/C30H47N3O5/c1-8-15-21-37-27-25(29(34)31(10-3)11-4)33(23-17-19-24(20-18-23)36-14-7)26(28(27)38-22-16-9-2)30(35)32(12-5)13-6/h17-20H,8-16,21-22H2,1-7H3. The number of hydrogen-bond donors (Lipinski definition) is 0. The van der Waals surface area contributed by atoms with E-state index in [1.165, 1.54) is 0 Å². The molecule has 1 heterocycles. The molecule has 2 rings (SSSR count). The molecule has 0 bridgehead atoms. The van der Waals surface area contributed by atoms with Crippen LogP contribution in [0.2, 0.25) is 0 Å². The Hall–Kier alpha value is -3.16. The number of ether oxygens (including phenoxy) is 3. The molecule has 0 radical (unpaired) electrons. The summed E-state index contributed by atoms with van der Waals surface area (Å²) >= 11 is 0. The summed E-state index contributed by atoms with van der Waals surface area (Å²) in [5.41, 5.74) is 1.30. The minimum atomic E-state index is -0.200. The highest BCUT2D eigenvalue weighted by Crippen LogP contribution is 2.42. The number of amides is 2. The molecule has 1 aromatic carbocycles. The molecule has 2 aromatic rings. The molecule has 8 heteroatoms. The van der Waals surface area contributed by atoms with E-state index in [1.807, 2.05) is 58.9 Å². The second-order valence-corrected chi connectivity index (χ2v) is 8.98. The Bertz CT molecular complexity index is 952. The zero-order chi connectivity index (χ0) is 28.1. The van der Waals surface area contributed by atoms with Crippen molar-refractivity contribution in [2.75, 3.05) is 46.0 Å². The molecule has 8 nitrogen and oxygen atoms in total. The fourth-order valence-corrected chi connectivity index (χ4v) is 4.26. The van der Waals surface area contributed by atoms with Gasteiger partial charge in [0.1, 0.15) is 5.75 Å². The van der Waals surface area contributed by atoms with E-state index in [0.29, 0.717) is 74.6 Å². The monoisotopic (exact) mass is 529 g/mol. The predicted molar refractivity (Wildman–Crippen MR) is 152 cm³/mol. The van der Waals surface area contributed by atoms with Crippen LogP contribution in [0.25, 0.3) is 5.69 Å². The third kappa shape index (κ3) is 7.23. The topological polar surface area (TPSA) is 73.2 Å². The highest BCUT2D eigenvalue weighted by atomic mass is 16.5. The summed E-state index contributed by atoms with van der Waals surface area (Å²) in [6, 6.07) is 7.44. The molecule has 212 valence electrons. The first kappa shape index (κ1) is 31.1. The maximum absolute atomic E-state index is 14.1. The van der Waals surface area contributed by atoms with E-state index >= 15 is 0 Å². The van der Waals surface area contributed by atoms with Crippen LogP contribution in [0.3, 0.4) is 0 Å². The van der Waals surface area contributed by atoms with Crippen LogP contribution in [0, 0.1) is 0 Å². The van der Waals surface area contributed by atoms with Gasteiger partial charge in [-0.05, 0) is 71.7 Å². The van der Waals surface area contributed by atoms with Gasteiger partial charge in [0, 0.05) is 31.9 Å². The van der Waals surface area contributed by atoms with Crippen molar-refractivity contribution >= 4 is 11.8 Å². The number of benzene rings is 1. The van der Waals surface area contributed by atoms with Crippen LogP contribution in [0.15, 0.2) is 24.3 Å². The van der Waals surface area contributed by atoms with Gasteiger partial charge in [0.05, 0.1) is 19.8 Å². The van der Waals surface area contributed by atoms with Gasteiger partial charge in [-0.25, -0.2) is 0 Å². The molecular weight excluding hydrogens is 482 g/mol. The quantitative estimate of drug-likeness (QED) is 0.228. The lowest BCUT2D eigenvalue weighted by atomic mass is 10.2. The number of rotatable bonds is 17. The Morgan fingerprint density at radius 1 is 0.658 bits per heavy atom. The van der Waals surface area contributed by atoms with E-state index in [1.54, 1.807) is 14.4 Å². The number of carbonyl (C=O) groups is 2. The van der Waals surface area contributed by atoms with Gasteiger partial charge >= 0.3 is 0 Å². The van der Waals surface area contributed by atoms with Gasteiger partial charge in [0.2, 0.25) is 0 Å². The molecule has 0 saturated carbocycles. The molecule has 0 atom stereocenters. The van der Waals surface area contributed by atoms with Crippen molar-refractivity contribution in [3.05, 3.63) is 35.7 Å². The van der Waals surface area contributed by atoms with E-state index in [4.69, 9.17) is 14.2 Å². The Kier molecular flexibility index (Phi) is 13.0. The van der Waals surface area contributed by atoms with Gasteiger partial charge in [0.25, 0.3) is 11.8 Å². The Balaban J connectivity index is 2.96. The van der Waals surface area contributed by atoms with Crippen molar-refractivity contribution in [2.45, 2.75) is 74.1 Å². The van der Waals surface area contributed by atoms with Crippen molar-refractivity contribution in [1.82, 2.24) is 14.4 Å². The smallest absolute Gasteiger partial charge is 0.274 e. The molecule has 0 fully saturated rings. The number of carbonyl (C=O) groups excluding carboxylic acids is 2. The fourth-order valence-electron chi connectivity index (χ4n) is 4.26. The van der Waals surface area contributed by atoms with Crippen molar-refractivity contribution < 1.29 is 23.8 Å². The highest BCUT2D eigenvalue weighted by Gasteiger charge is 2.36. The lowest BCUT2D eigenvalue weighted by Gasteiger charge is -2.23. The van der Waals surface area contributed by atoms with Gasteiger partial charge in [-0.1, -0.05) is 26.7 Å². The number of nitrogens with zero attached hydrogens (tertiary/aromatic N) is 3. The average Bonchev–Trinajstić information content (AvgIpc) is 3.24. The first-order valence-corrected chi connectivity index (χ1v) is 14.3. The predicted octanol–water partition coefficient (Wildman–Crippen LogP) is 6.20. The zero-order valence-corrected chi connectivity index (χ0v) is 24.5. The van der Waals surface area contributed by atoms with E-state index in [0.717, 1.165) is 31.4 Å². The van der Waals surface area contributed by atoms with Crippen molar-refractivity contribution in [3.63, 3.8) is 0 Å². The molecule has 0 aliphatic heterocycles. The molecule has 0 unspecified atom stereocenters. The second kappa shape index (κ2) is 15.9. The number of hydrogen-bond acceptors (Lipinski definition) is 5. The van der Waals surface area contributed by atoms with Gasteiger partial charge in [0.15, 0.2) is 22.9 Å². The normalized spacial score (nSPS) is 10.8. The summed E-state index contributed by atoms with van der Waals surface area (Å²) in [6.07, 6.45) is 3.52. The molecule has 38 heavy (non-hydrogen) atoms. The largest absolute Gasteiger partial charge is 0.494 e. The van der Waals surface area contributed by atoms with Gasteiger partial charge in [-0.2, -0.15) is 0 Å². The number of aromatic nitrogens is 1. The Morgan fingerprint density at radius 3 is 1.42 bits per heavy atom. The average molecular weight is 530 g/mol. The summed E-state index contributed by atoms with van der Waals surface area (Å²) in [5.74, 6) is 1.01. The van der Waals surface area contributed by atoms with Crippen LogP contribution in [0.1, 0.15) is 95.1 Å². The van der Waals surface area contributed by atoms with Crippen LogP contribution in [-0.4, -0.2) is 72.2 Å². The minimum Gasteiger partial charge on any atom is -0.494 e. The van der Waals surface area contributed by atoms with E-state index in [2.05, 4.69) is 13.8 Å². The van der Waals surface area contributed by atoms with E-state index in [-0.39, 0.29) is 11.8 Å². The van der Waals surface area contributed by atoms with Gasteiger partial charge in [-0.3, -0.25) is 14.2 Å². The molecule has 0 N–H and O–H groups in total. The van der Waals surface area contributed by atoms with Gasteiger partial charge in [-0.15, -0.1) is 0 Å². The molecule has 1 aromatic heterocycles. The van der Waals surface area contributed by atoms with Crippen molar-refractivity contribution in [3.8, 4) is 22.9 Å². The molecule has 0 saturated heterocycles. The second-order valence-electron chi connectivity index (χ2n) is 8.98. The van der Waals surface area contributed by atoms with Crippen molar-refractivity contribution in [2.24, 2.45) is 0 Å².